The smallest absolute Gasteiger partial charge is 0.237 e. The van der Waals surface area contributed by atoms with Gasteiger partial charge in [0.1, 0.15) is 0 Å². The number of benzene rings is 1. The van der Waals surface area contributed by atoms with Gasteiger partial charge in [0.15, 0.2) is 0 Å². The number of nitrogens with two attached hydrogens (primary N) is 1. The monoisotopic (exact) mass is 517 g/mol. The van der Waals surface area contributed by atoms with Crippen LogP contribution < -0.4 is 11.1 Å². The molecule has 1 amide bonds. The van der Waals surface area contributed by atoms with Crippen LogP contribution >= 0.6 is 0 Å². The number of piperidine rings is 1. The largest absolute Gasteiger partial charge is 0.396 e. The fourth-order valence-corrected chi connectivity index (χ4v) is 10.5. The maximum atomic E-state index is 13.9. The van der Waals surface area contributed by atoms with Gasteiger partial charge in [0.25, 0.3) is 0 Å². The van der Waals surface area contributed by atoms with Gasteiger partial charge in [0.05, 0.1) is 11.8 Å². The van der Waals surface area contributed by atoms with Crippen LogP contribution in [-0.2, 0) is 26.7 Å². The number of aryl methyl sites for hydroxylation is 1. The van der Waals surface area contributed by atoms with Gasteiger partial charge in [-0.25, -0.2) is 12.7 Å². The number of carbonyl (C=O) groups is 1. The number of rotatable bonds is 8. The first kappa shape index (κ1) is 26.1. The molecular formula is C28H43N3O4S. The number of nitrogens with zero attached hydrogens (tertiary/aromatic N) is 1. The third-order valence-electron chi connectivity index (χ3n) is 10.7. The molecule has 2 saturated carbocycles. The summed E-state index contributed by atoms with van der Waals surface area (Å²) < 4.78 is 29.6. The molecule has 7 nitrogen and oxygen atoms in total. The summed E-state index contributed by atoms with van der Waals surface area (Å²) in [6.45, 7) is 5.53. The van der Waals surface area contributed by atoms with E-state index in [4.69, 9.17) is 10.8 Å². The molecule has 1 aliphatic heterocycles. The maximum Gasteiger partial charge on any atom is 0.237 e. The van der Waals surface area contributed by atoms with Crippen LogP contribution in [0.2, 0.25) is 0 Å². The Morgan fingerprint density at radius 3 is 2.61 bits per heavy atom. The summed E-state index contributed by atoms with van der Waals surface area (Å²) in [6.07, 6.45) is 7.48. The lowest BCUT2D eigenvalue weighted by Crippen LogP contribution is -2.57. The standard InChI is InChI=1S/C28H43N3O4S/c1-26(2)21-10-12-28(26,24(18-21)30-25(33)23(29)8-5-17-32)19-36(34,35)31-15-13-27(14-16-31)11-9-20-6-3-4-7-22(20)27/h3-4,6-7,21,23-24,32H,5,8-19,29H2,1-2H3,(H,30,33)/t21-,23+,24+,28-/m1/s1. The minimum atomic E-state index is -3.49. The minimum absolute atomic E-state index is 0.00437. The van der Waals surface area contributed by atoms with Crippen molar-refractivity contribution in [1.82, 2.24) is 9.62 Å². The Hall–Kier alpha value is -1.48. The Morgan fingerprint density at radius 2 is 1.92 bits per heavy atom. The Labute approximate surface area is 216 Å². The van der Waals surface area contributed by atoms with Crippen molar-refractivity contribution in [3.63, 3.8) is 0 Å². The number of hydrogen-bond donors (Lipinski definition) is 3. The van der Waals surface area contributed by atoms with Crippen LogP contribution in [-0.4, -0.2) is 61.3 Å². The molecule has 4 aliphatic rings. The summed E-state index contributed by atoms with van der Waals surface area (Å²) in [5.41, 5.74) is 8.39. The number of amides is 1. The topological polar surface area (TPSA) is 113 Å². The highest BCUT2D eigenvalue weighted by Crippen LogP contribution is 2.66. The van der Waals surface area contributed by atoms with Crippen LogP contribution in [0.25, 0.3) is 0 Å². The zero-order valence-electron chi connectivity index (χ0n) is 21.8. The van der Waals surface area contributed by atoms with Crippen molar-refractivity contribution in [2.24, 2.45) is 22.5 Å². The molecule has 1 saturated heterocycles. The van der Waals surface area contributed by atoms with Gasteiger partial charge in [-0.1, -0.05) is 38.1 Å². The second-order valence-corrected chi connectivity index (χ2v) is 14.4. The van der Waals surface area contributed by atoms with E-state index in [1.54, 1.807) is 4.31 Å². The fraction of sp³-hybridized carbons (Fsp3) is 0.750. The van der Waals surface area contributed by atoms with Gasteiger partial charge in [-0.2, -0.15) is 0 Å². The van der Waals surface area contributed by atoms with Crippen LogP contribution in [0, 0.1) is 16.7 Å². The zero-order chi connectivity index (χ0) is 25.8. The summed E-state index contributed by atoms with van der Waals surface area (Å²) in [6, 6.07) is 7.80. The summed E-state index contributed by atoms with van der Waals surface area (Å²) in [4.78, 5) is 12.9. The highest BCUT2D eigenvalue weighted by Gasteiger charge is 2.66. The molecule has 36 heavy (non-hydrogen) atoms. The van der Waals surface area contributed by atoms with E-state index in [-0.39, 0.29) is 35.1 Å². The predicted molar refractivity (Wildman–Crippen MR) is 141 cm³/mol. The first-order valence-corrected chi connectivity index (χ1v) is 15.4. The molecule has 3 aliphatic carbocycles. The molecule has 0 aromatic heterocycles. The van der Waals surface area contributed by atoms with E-state index in [0.717, 1.165) is 44.9 Å². The van der Waals surface area contributed by atoms with Crippen molar-refractivity contribution in [3.8, 4) is 0 Å². The number of sulfonamides is 1. The van der Waals surface area contributed by atoms with Gasteiger partial charge in [-0.3, -0.25) is 4.79 Å². The van der Waals surface area contributed by atoms with Crippen LogP contribution in [0.15, 0.2) is 24.3 Å². The average Bonchev–Trinajstić information content (AvgIpc) is 3.39. The molecular weight excluding hydrogens is 474 g/mol. The second kappa shape index (κ2) is 9.37. The Bertz CT molecular complexity index is 1100. The number of carbonyl (C=O) groups excluding carboxylic acids is 1. The molecule has 200 valence electrons. The first-order chi connectivity index (χ1) is 17.0. The lowest BCUT2D eigenvalue weighted by atomic mass is 9.69. The van der Waals surface area contributed by atoms with Gasteiger partial charge in [-0.05, 0) is 85.7 Å². The summed E-state index contributed by atoms with van der Waals surface area (Å²) in [5, 5.41) is 12.2. The number of nitrogens with one attached hydrogen (secondary N) is 1. The molecule has 8 heteroatoms. The molecule has 0 unspecified atom stereocenters. The van der Waals surface area contributed by atoms with E-state index in [1.807, 2.05) is 0 Å². The van der Waals surface area contributed by atoms with E-state index in [1.165, 1.54) is 11.1 Å². The zero-order valence-corrected chi connectivity index (χ0v) is 22.7. The Balaban J connectivity index is 1.31. The highest BCUT2D eigenvalue weighted by atomic mass is 32.2. The van der Waals surface area contributed by atoms with Crippen molar-refractivity contribution >= 4 is 15.9 Å². The molecule has 4 atom stereocenters. The molecule has 1 aromatic carbocycles. The van der Waals surface area contributed by atoms with Crippen LogP contribution in [0.3, 0.4) is 0 Å². The third kappa shape index (κ3) is 4.12. The Morgan fingerprint density at radius 1 is 1.19 bits per heavy atom. The van der Waals surface area contributed by atoms with Crippen molar-refractivity contribution < 1.29 is 18.3 Å². The van der Waals surface area contributed by atoms with Gasteiger partial charge in [0, 0.05) is 31.2 Å². The number of aliphatic hydroxyl groups is 1. The lowest BCUT2D eigenvalue weighted by molar-refractivity contribution is -0.124. The highest BCUT2D eigenvalue weighted by molar-refractivity contribution is 7.89. The Kier molecular flexibility index (Phi) is 6.80. The van der Waals surface area contributed by atoms with E-state index in [9.17, 15) is 13.2 Å². The quantitative estimate of drug-likeness (QED) is 0.491. The average molecular weight is 518 g/mol. The van der Waals surface area contributed by atoms with Crippen LogP contribution in [0.5, 0.6) is 0 Å². The molecule has 0 radical (unpaired) electrons. The molecule has 2 bridgehead atoms. The van der Waals surface area contributed by atoms with Crippen molar-refractivity contribution in [1.29, 1.82) is 0 Å². The number of hydrogen-bond acceptors (Lipinski definition) is 5. The predicted octanol–water partition coefficient (Wildman–Crippen LogP) is 2.71. The summed E-state index contributed by atoms with van der Waals surface area (Å²) in [7, 11) is -3.49. The molecule has 1 heterocycles. The number of fused-ring (bicyclic) bond motifs is 4. The van der Waals surface area contributed by atoms with Crippen molar-refractivity contribution in [2.45, 2.75) is 89.1 Å². The maximum absolute atomic E-state index is 13.9. The van der Waals surface area contributed by atoms with Gasteiger partial charge >= 0.3 is 0 Å². The number of aliphatic hydroxyl groups excluding tert-OH is 1. The lowest BCUT2D eigenvalue weighted by Gasteiger charge is -2.45. The summed E-state index contributed by atoms with van der Waals surface area (Å²) >= 11 is 0. The normalized spacial score (nSPS) is 31.4. The van der Waals surface area contributed by atoms with E-state index >= 15 is 0 Å². The van der Waals surface area contributed by atoms with Gasteiger partial charge in [0.2, 0.25) is 15.9 Å². The SMILES string of the molecule is CC1(C)[C@@H]2CC[C@@]1(CS(=O)(=O)N1CCC3(CCc4ccccc43)CC1)[C@@H](NC(=O)[C@@H](N)CCCO)C2. The third-order valence-corrected chi connectivity index (χ3v) is 12.8. The van der Waals surface area contributed by atoms with E-state index < -0.39 is 21.5 Å². The van der Waals surface area contributed by atoms with Gasteiger partial charge in [-0.15, -0.1) is 0 Å². The van der Waals surface area contributed by atoms with Crippen molar-refractivity contribution in [2.75, 3.05) is 25.4 Å². The summed E-state index contributed by atoms with van der Waals surface area (Å²) in [5.74, 6) is 0.254. The van der Waals surface area contributed by atoms with Crippen LogP contribution in [0.4, 0.5) is 0 Å². The molecule has 4 N–H and O–H groups in total. The van der Waals surface area contributed by atoms with Crippen LogP contribution in [0.1, 0.15) is 76.3 Å². The minimum Gasteiger partial charge on any atom is -0.396 e. The van der Waals surface area contributed by atoms with E-state index in [0.29, 0.717) is 31.8 Å². The molecule has 3 fully saturated rings. The molecule has 1 aromatic rings. The van der Waals surface area contributed by atoms with E-state index in [2.05, 4.69) is 43.4 Å². The van der Waals surface area contributed by atoms with Gasteiger partial charge < -0.3 is 16.2 Å². The molecule has 5 rings (SSSR count). The second-order valence-electron chi connectivity index (χ2n) is 12.5. The first-order valence-electron chi connectivity index (χ1n) is 13.8. The van der Waals surface area contributed by atoms with Crippen molar-refractivity contribution in [3.05, 3.63) is 35.4 Å². The molecule has 1 spiro atoms. The fourth-order valence-electron chi connectivity index (χ4n) is 8.24.